The second-order valence-corrected chi connectivity index (χ2v) is 5.25. The van der Waals surface area contributed by atoms with Crippen LogP contribution < -0.4 is 11.3 Å². The molecule has 1 heterocycles. The number of aromatic nitrogens is 2. The van der Waals surface area contributed by atoms with Crippen molar-refractivity contribution in [1.82, 2.24) is 15.2 Å². The highest BCUT2D eigenvalue weighted by atomic mass is 127. The summed E-state index contributed by atoms with van der Waals surface area (Å²) >= 11 is 2.31. The van der Waals surface area contributed by atoms with Gasteiger partial charge in [-0.3, -0.25) is 16.0 Å². The summed E-state index contributed by atoms with van der Waals surface area (Å²) < 4.78 is 3.02. The van der Waals surface area contributed by atoms with Crippen LogP contribution in [0.15, 0.2) is 36.7 Å². The molecule has 0 saturated carbocycles. The van der Waals surface area contributed by atoms with Crippen molar-refractivity contribution < 1.29 is 0 Å². The summed E-state index contributed by atoms with van der Waals surface area (Å²) in [5.41, 5.74) is 5.24. The van der Waals surface area contributed by atoms with Gasteiger partial charge < -0.3 is 0 Å². The Morgan fingerprint density at radius 2 is 2.35 bits per heavy atom. The van der Waals surface area contributed by atoms with Crippen LogP contribution in [0.25, 0.3) is 0 Å². The maximum atomic E-state index is 5.63. The SMILES string of the molecule is Cn1cc(CC(NN)c2cccc(I)c2)cn1. The molecule has 0 aliphatic carbocycles. The molecule has 5 heteroatoms. The molecular weight excluding hydrogens is 327 g/mol. The van der Waals surface area contributed by atoms with Gasteiger partial charge in [0, 0.05) is 16.8 Å². The number of hydrazine groups is 1. The molecule has 3 N–H and O–H groups in total. The molecule has 90 valence electrons. The van der Waals surface area contributed by atoms with Gasteiger partial charge in [0.25, 0.3) is 0 Å². The van der Waals surface area contributed by atoms with Crippen molar-refractivity contribution >= 4 is 22.6 Å². The minimum atomic E-state index is 0.119. The fourth-order valence-electron chi connectivity index (χ4n) is 1.81. The maximum absolute atomic E-state index is 5.63. The Labute approximate surface area is 114 Å². The zero-order valence-corrected chi connectivity index (χ0v) is 11.8. The van der Waals surface area contributed by atoms with E-state index < -0.39 is 0 Å². The summed E-state index contributed by atoms with van der Waals surface area (Å²) in [7, 11) is 1.92. The number of nitrogens with one attached hydrogen (secondary N) is 1. The molecule has 1 unspecified atom stereocenters. The van der Waals surface area contributed by atoms with E-state index in [1.165, 1.54) is 14.7 Å². The van der Waals surface area contributed by atoms with Gasteiger partial charge in [-0.2, -0.15) is 5.10 Å². The van der Waals surface area contributed by atoms with Crippen LogP contribution in [-0.4, -0.2) is 9.78 Å². The third kappa shape index (κ3) is 3.27. The second kappa shape index (κ2) is 5.61. The van der Waals surface area contributed by atoms with Crippen LogP contribution in [0.4, 0.5) is 0 Å². The first-order valence-corrected chi connectivity index (χ1v) is 6.46. The molecular formula is C12H15IN4. The van der Waals surface area contributed by atoms with Crippen molar-refractivity contribution in [2.24, 2.45) is 12.9 Å². The number of nitrogens with zero attached hydrogens (tertiary/aromatic N) is 2. The molecule has 0 spiro atoms. The Hall–Kier alpha value is -0.920. The van der Waals surface area contributed by atoms with Crippen LogP contribution in [0.5, 0.6) is 0 Å². The van der Waals surface area contributed by atoms with Crippen molar-refractivity contribution in [3.8, 4) is 0 Å². The molecule has 2 rings (SSSR count). The molecule has 0 saturated heterocycles. The van der Waals surface area contributed by atoms with E-state index in [0.717, 1.165) is 6.42 Å². The topological polar surface area (TPSA) is 55.9 Å². The molecule has 1 atom stereocenters. The largest absolute Gasteiger partial charge is 0.276 e. The fraction of sp³-hybridized carbons (Fsp3) is 0.250. The summed E-state index contributed by atoms with van der Waals surface area (Å²) in [5, 5.41) is 4.16. The quantitative estimate of drug-likeness (QED) is 0.506. The van der Waals surface area contributed by atoms with Crippen LogP contribution in [0, 0.1) is 3.57 Å². The van der Waals surface area contributed by atoms with Gasteiger partial charge in [0.05, 0.1) is 12.2 Å². The van der Waals surface area contributed by atoms with Crippen molar-refractivity contribution in [2.75, 3.05) is 0 Å². The number of halogens is 1. The van der Waals surface area contributed by atoms with E-state index in [1.54, 1.807) is 4.68 Å². The highest BCUT2D eigenvalue weighted by molar-refractivity contribution is 14.1. The molecule has 0 amide bonds. The first kappa shape index (κ1) is 12.5. The van der Waals surface area contributed by atoms with E-state index >= 15 is 0 Å². The molecule has 1 aromatic heterocycles. The van der Waals surface area contributed by atoms with Crippen LogP contribution in [0.1, 0.15) is 17.2 Å². The standard InChI is InChI=1S/C12H15IN4/c1-17-8-9(7-15-17)5-12(16-14)10-3-2-4-11(13)6-10/h2-4,6-8,12,16H,5,14H2,1H3. The Morgan fingerprint density at radius 1 is 1.53 bits per heavy atom. The Bertz CT molecular complexity index is 495. The number of nitrogens with two attached hydrogens (primary N) is 1. The van der Waals surface area contributed by atoms with Crippen LogP contribution in [0.2, 0.25) is 0 Å². The van der Waals surface area contributed by atoms with Crippen molar-refractivity contribution in [2.45, 2.75) is 12.5 Å². The van der Waals surface area contributed by atoms with Crippen molar-refractivity contribution in [1.29, 1.82) is 0 Å². The summed E-state index contributed by atoms with van der Waals surface area (Å²) in [5.74, 6) is 5.63. The van der Waals surface area contributed by atoms with E-state index in [1.807, 2.05) is 25.5 Å². The van der Waals surface area contributed by atoms with Crippen molar-refractivity contribution in [3.63, 3.8) is 0 Å². The molecule has 2 aromatic rings. The normalized spacial score (nSPS) is 12.6. The summed E-state index contributed by atoms with van der Waals surface area (Å²) in [6.45, 7) is 0. The van der Waals surface area contributed by atoms with Gasteiger partial charge in [-0.25, -0.2) is 0 Å². The van der Waals surface area contributed by atoms with Gasteiger partial charge >= 0.3 is 0 Å². The lowest BCUT2D eigenvalue weighted by Crippen LogP contribution is -2.29. The van der Waals surface area contributed by atoms with Gasteiger partial charge in [-0.1, -0.05) is 12.1 Å². The molecule has 0 fully saturated rings. The first-order chi connectivity index (χ1) is 8.19. The predicted octanol–water partition coefficient (Wildman–Crippen LogP) is 1.77. The van der Waals surface area contributed by atoms with E-state index in [4.69, 9.17) is 5.84 Å². The van der Waals surface area contributed by atoms with Crippen molar-refractivity contribution in [3.05, 3.63) is 51.4 Å². The molecule has 1 aromatic carbocycles. The number of hydrogen-bond acceptors (Lipinski definition) is 3. The summed E-state index contributed by atoms with van der Waals surface area (Å²) in [6.07, 6.45) is 4.72. The lowest BCUT2D eigenvalue weighted by Gasteiger charge is -2.15. The third-order valence-corrected chi connectivity index (χ3v) is 3.32. The summed E-state index contributed by atoms with van der Waals surface area (Å²) in [6, 6.07) is 8.46. The lowest BCUT2D eigenvalue weighted by molar-refractivity contribution is 0.551. The molecule has 0 radical (unpaired) electrons. The average Bonchev–Trinajstić information content (AvgIpc) is 2.72. The molecule has 4 nitrogen and oxygen atoms in total. The Balaban J connectivity index is 2.16. The minimum absolute atomic E-state index is 0.119. The van der Waals surface area contributed by atoms with E-state index in [0.29, 0.717) is 0 Å². The van der Waals surface area contributed by atoms with Crippen LogP contribution in [0.3, 0.4) is 0 Å². The van der Waals surface area contributed by atoms with Crippen LogP contribution in [-0.2, 0) is 13.5 Å². The average molecular weight is 342 g/mol. The van der Waals surface area contributed by atoms with Gasteiger partial charge in [0.1, 0.15) is 0 Å². The second-order valence-electron chi connectivity index (χ2n) is 4.00. The van der Waals surface area contributed by atoms with Gasteiger partial charge in [0.2, 0.25) is 0 Å². The third-order valence-electron chi connectivity index (χ3n) is 2.65. The molecule has 0 bridgehead atoms. The molecule has 0 aliphatic rings. The number of benzene rings is 1. The molecule has 17 heavy (non-hydrogen) atoms. The molecule has 0 aliphatic heterocycles. The monoisotopic (exact) mass is 342 g/mol. The highest BCUT2D eigenvalue weighted by Crippen LogP contribution is 2.19. The highest BCUT2D eigenvalue weighted by Gasteiger charge is 2.11. The maximum Gasteiger partial charge on any atom is 0.0522 e. The number of hydrogen-bond donors (Lipinski definition) is 2. The Morgan fingerprint density at radius 3 is 2.94 bits per heavy atom. The van der Waals surface area contributed by atoms with E-state index in [-0.39, 0.29) is 6.04 Å². The summed E-state index contributed by atoms with van der Waals surface area (Å²) in [4.78, 5) is 0. The van der Waals surface area contributed by atoms with E-state index in [9.17, 15) is 0 Å². The smallest absolute Gasteiger partial charge is 0.0522 e. The van der Waals surface area contributed by atoms with Gasteiger partial charge in [-0.15, -0.1) is 0 Å². The van der Waals surface area contributed by atoms with Gasteiger partial charge in [-0.05, 0) is 52.3 Å². The predicted molar refractivity (Wildman–Crippen MR) is 76.1 cm³/mol. The lowest BCUT2D eigenvalue weighted by atomic mass is 10.0. The van der Waals surface area contributed by atoms with E-state index in [2.05, 4.69) is 51.3 Å². The minimum Gasteiger partial charge on any atom is -0.276 e. The number of aryl methyl sites for hydroxylation is 1. The number of rotatable bonds is 4. The fourth-order valence-corrected chi connectivity index (χ4v) is 2.38. The zero-order valence-electron chi connectivity index (χ0n) is 9.60. The first-order valence-electron chi connectivity index (χ1n) is 5.38. The van der Waals surface area contributed by atoms with Gasteiger partial charge in [0.15, 0.2) is 0 Å². The van der Waals surface area contributed by atoms with Crippen LogP contribution >= 0.6 is 22.6 Å². The Kier molecular flexibility index (Phi) is 4.14. The zero-order chi connectivity index (χ0) is 12.3.